The van der Waals surface area contributed by atoms with Gasteiger partial charge in [-0.2, -0.15) is 0 Å². The second kappa shape index (κ2) is 8.28. The second-order valence-corrected chi connectivity index (χ2v) is 6.54. The highest BCUT2D eigenvalue weighted by Crippen LogP contribution is 2.28. The Morgan fingerprint density at radius 2 is 1.88 bits per heavy atom. The van der Waals surface area contributed by atoms with E-state index in [0.29, 0.717) is 12.1 Å². The summed E-state index contributed by atoms with van der Waals surface area (Å²) < 4.78 is 5.14. The van der Waals surface area contributed by atoms with E-state index in [4.69, 9.17) is 4.74 Å². The van der Waals surface area contributed by atoms with E-state index in [1.54, 1.807) is 31.4 Å². The van der Waals surface area contributed by atoms with Gasteiger partial charge >= 0.3 is 0 Å². The zero-order valence-corrected chi connectivity index (χ0v) is 14.6. The van der Waals surface area contributed by atoms with Gasteiger partial charge in [-0.1, -0.05) is 36.8 Å². The molecule has 0 saturated carbocycles. The molecule has 3 rings (SSSR count). The van der Waals surface area contributed by atoms with Crippen molar-refractivity contribution < 1.29 is 14.6 Å². The lowest BCUT2D eigenvalue weighted by atomic mass is 9.92. The number of ketones is 1. The average molecular weight is 339 g/mol. The smallest absolute Gasteiger partial charge is 0.176 e. The highest BCUT2D eigenvalue weighted by Gasteiger charge is 2.30. The summed E-state index contributed by atoms with van der Waals surface area (Å²) in [5, 5.41) is 10.8. The van der Waals surface area contributed by atoms with Gasteiger partial charge < -0.3 is 9.84 Å². The van der Waals surface area contributed by atoms with Crippen LogP contribution in [0.4, 0.5) is 0 Å². The largest absolute Gasteiger partial charge is 0.497 e. The van der Waals surface area contributed by atoms with Gasteiger partial charge in [0.05, 0.1) is 19.8 Å². The summed E-state index contributed by atoms with van der Waals surface area (Å²) in [5.74, 6) is 0.821. The number of hydrogen-bond donors (Lipinski definition) is 1. The van der Waals surface area contributed by atoms with Crippen molar-refractivity contribution in [2.24, 2.45) is 0 Å². The molecule has 1 heterocycles. The molecule has 1 aliphatic rings. The van der Waals surface area contributed by atoms with Gasteiger partial charge in [-0.25, -0.2) is 0 Å². The number of benzene rings is 2. The van der Waals surface area contributed by atoms with E-state index < -0.39 is 6.10 Å². The van der Waals surface area contributed by atoms with E-state index in [1.165, 1.54) is 0 Å². The molecule has 1 aliphatic heterocycles. The molecule has 0 aliphatic carbocycles. The Kier molecular flexibility index (Phi) is 5.84. The lowest BCUT2D eigenvalue weighted by Crippen LogP contribution is -2.45. The van der Waals surface area contributed by atoms with Gasteiger partial charge in [0.2, 0.25) is 0 Å². The van der Waals surface area contributed by atoms with E-state index in [0.717, 1.165) is 37.1 Å². The fourth-order valence-corrected chi connectivity index (χ4v) is 3.50. The third-order valence-electron chi connectivity index (χ3n) is 4.93. The van der Waals surface area contributed by atoms with Crippen molar-refractivity contribution in [3.05, 3.63) is 65.7 Å². The molecule has 1 N–H and O–H groups in total. The predicted octanol–water partition coefficient (Wildman–Crippen LogP) is 3.47. The quantitative estimate of drug-likeness (QED) is 0.819. The number of aliphatic hydroxyl groups is 1. The Bertz CT molecular complexity index is 684. The molecule has 4 nitrogen and oxygen atoms in total. The monoisotopic (exact) mass is 339 g/mol. The van der Waals surface area contributed by atoms with E-state index in [9.17, 15) is 9.90 Å². The van der Waals surface area contributed by atoms with Crippen LogP contribution in [0.25, 0.3) is 0 Å². The van der Waals surface area contributed by atoms with Gasteiger partial charge in [-0.3, -0.25) is 9.69 Å². The normalized spacial score (nSPS) is 19.4. The summed E-state index contributed by atoms with van der Waals surface area (Å²) in [7, 11) is 1.61. The van der Waals surface area contributed by atoms with Gasteiger partial charge in [0, 0.05) is 11.6 Å². The number of carbonyl (C=O) groups excluding carboxylic acids is 1. The summed E-state index contributed by atoms with van der Waals surface area (Å²) in [6, 6.07) is 16.9. The van der Waals surface area contributed by atoms with E-state index in [2.05, 4.69) is 4.90 Å². The van der Waals surface area contributed by atoms with Crippen molar-refractivity contribution in [3.8, 4) is 5.75 Å². The van der Waals surface area contributed by atoms with Crippen molar-refractivity contribution in [1.29, 1.82) is 0 Å². The van der Waals surface area contributed by atoms with Crippen LogP contribution in [0.3, 0.4) is 0 Å². The van der Waals surface area contributed by atoms with Crippen LogP contribution in [0.1, 0.15) is 41.3 Å². The lowest BCUT2D eigenvalue weighted by molar-refractivity contribution is 0.0255. The highest BCUT2D eigenvalue weighted by atomic mass is 16.5. The maximum absolute atomic E-state index is 12.7. The minimum atomic E-state index is -0.565. The Labute approximate surface area is 149 Å². The minimum Gasteiger partial charge on any atom is -0.497 e. The summed E-state index contributed by atoms with van der Waals surface area (Å²) in [6.07, 6.45) is 2.49. The molecule has 0 radical (unpaired) electrons. The summed E-state index contributed by atoms with van der Waals surface area (Å²) in [4.78, 5) is 14.8. The summed E-state index contributed by atoms with van der Waals surface area (Å²) >= 11 is 0. The third-order valence-corrected chi connectivity index (χ3v) is 4.93. The molecule has 1 saturated heterocycles. The molecule has 2 aromatic carbocycles. The standard InChI is InChI=1S/C21H25NO3/c1-25-18-12-10-16(11-13-18)20(23)15-22-14-6-5-9-19(22)21(24)17-7-3-2-4-8-17/h2-4,7-8,10-13,19,21,24H,5-6,9,14-15H2,1H3. The fraction of sp³-hybridized carbons (Fsp3) is 0.381. The van der Waals surface area contributed by atoms with Crippen molar-refractivity contribution >= 4 is 5.78 Å². The van der Waals surface area contributed by atoms with Crippen LogP contribution in [0.5, 0.6) is 5.75 Å². The number of likely N-dealkylation sites (tertiary alicyclic amines) is 1. The number of nitrogens with zero attached hydrogens (tertiary/aromatic N) is 1. The molecule has 0 aromatic heterocycles. The number of Topliss-reactive ketones (excluding diaryl/α,β-unsaturated/α-hetero) is 1. The average Bonchev–Trinajstić information content (AvgIpc) is 2.68. The Hall–Kier alpha value is -2.17. The molecule has 1 fully saturated rings. The number of rotatable bonds is 6. The number of hydrogen-bond acceptors (Lipinski definition) is 4. The predicted molar refractivity (Wildman–Crippen MR) is 97.9 cm³/mol. The Morgan fingerprint density at radius 1 is 1.16 bits per heavy atom. The molecule has 2 aromatic rings. The molecule has 0 bridgehead atoms. The highest BCUT2D eigenvalue weighted by molar-refractivity contribution is 5.97. The van der Waals surface area contributed by atoms with E-state index in [-0.39, 0.29) is 11.8 Å². The molecule has 0 amide bonds. The second-order valence-electron chi connectivity index (χ2n) is 6.54. The Morgan fingerprint density at radius 3 is 2.56 bits per heavy atom. The van der Waals surface area contributed by atoms with E-state index >= 15 is 0 Å². The van der Waals surface area contributed by atoms with Crippen LogP contribution in [0.15, 0.2) is 54.6 Å². The summed E-state index contributed by atoms with van der Waals surface area (Å²) in [5.41, 5.74) is 1.59. The zero-order valence-electron chi connectivity index (χ0n) is 14.6. The lowest BCUT2D eigenvalue weighted by Gasteiger charge is -2.38. The first-order valence-electron chi connectivity index (χ1n) is 8.83. The topological polar surface area (TPSA) is 49.8 Å². The molecule has 2 unspecified atom stereocenters. The zero-order chi connectivity index (χ0) is 17.6. The molecule has 2 atom stereocenters. The Balaban J connectivity index is 1.71. The number of methoxy groups -OCH3 is 1. The third kappa shape index (κ3) is 4.27. The number of ether oxygens (including phenoxy) is 1. The van der Waals surface area contributed by atoms with Crippen molar-refractivity contribution in [2.75, 3.05) is 20.2 Å². The first-order valence-corrected chi connectivity index (χ1v) is 8.83. The maximum atomic E-state index is 12.7. The van der Waals surface area contributed by atoms with Crippen LogP contribution in [-0.2, 0) is 0 Å². The van der Waals surface area contributed by atoms with Crippen LogP contribution in [0, 0.1) is 0 Å². The summed E-state index contributed by atoms with van der Waals surface area (Å²) in [6.45, 7) is 1.18. The molecule has 132 valence electrons. The molecular formula is C21H25NO3. The molecule has 25 heavy (non-hydrogen) atoms. The van der Waals surface area contributed by atoms with Gasteiger partial charge in [-0.05, 0) is 49.2 Å². The number of piperidine rings is 1. The van der Waals surface area contributed by atoms with Crippen LogP contribution in [-0.4, -0.2) is 42.0 Å². The maximum Gasteiger partial charge on any atom is 0.176 e. The fourth-order valence-electron chi connectivity index (χ4n) is 3.50. The van der Waals surface area contributed by atoms with Crippen LogP contribution < -0.4 is 4.74 Å². The molecule has 0 spiro atoms. The van der Waals surface area contributed by atoms with Crippen LogP contribution >= 0.6 is 0 Å². The van der Waals surface area contributed by atoms with Gasteiger partial charge in [0.15, 0.2) is 5.78 Å². The van der Waals surface area contributed by atoms with Crippen molar-refractivity contribution in [2.45, 2.75) is 31.4 Å². The van der Waals surface area contributed by atoms with Gasteiger partial charge in [0.25, 0.3) is 0 Å². The van der Waals surface area contributed by atoms with Crippen molar-refractivity contribution in [1.82, 2.24) is 4.90 Å². The number of carbonyl (C=O) groups is 1. The molecule has 4 heteroatoms. The van der Waals surface area contributed by atoms with E-state index in [1.807, 2.05) is 30.3 Å². The van der Waals surface area contributed by atoms with Crippen LogP contribution in [0.2, 0.25) is 0 Å². The molecular weight excluding hydrogens is 314 g/mol. The van der Waals surface area contributed by atoms with Gasteiger partial charge in [-0.15, -0.1) is 0 Å². The number of aliphatic hydroxyl groups excluding tert-OH is 1. The van der Waals surface area contributed by atoms with Gasteiger partial charge in [0.1, 0.15) is 5.75 Å². The first kappa shape index (κ1) is 17.6. The van der Waals surface area contributed by atoms with Crippen molar-refractivity contribution in [3.63, 3.8) is 0 Å². The minimum absolute atomic E-state index is 0.0154. The first-order chi connectivity index (χ1) is 12.2. The SMILES string of the molecule is COc1ccc(C(=O)CN2CCCCC2C(O)c2ccccc2)cc1.